The zero-order valence-corrected chi connectivity index (χ0v) is 12.9. The lowest BCUT2D eigenvalue weighted by Gasteiger charge is -2.10. The standard InChI is InChI=1S/C13H23N3O3S/c1-3-16-10-13(7-11(16)8-14-2)20(17,18)15-9-12-5-4-6-19-12/h7,10,12,14-15H,3-6,8-9H2,1-2H3. The third kappa shape index (κ3) is 3.60. The third-order valence-corrected chi connectivity index (χ3v) is 4.89. The smallest absolute Gasteiger partial charge is 0.242 e. The van der Waals surface area contributed by atoms with E-state index in [1.807, 2.05) is 18.5 Å². The molecule has 6 nitrogen and oxygen atoms in total. The van der Waals surface area contributed by atoms with Crippen LogP contribution in [0.3, 0.4) is 0 Å². The van der Waals surface area contributed by atoms with E-state index >= 15 is 0 Å². The highest BCUT2D eigenvalue weighted by Gasteiger charge is 2.21. The number of aromatic nitrogens is 1. The number of hydrogen-bond acceptors (Lipinski definition) is 4. The summed E-state index contributed by atoms with van der Waals surface area (Å²) in [5.41, 5.74) is 0.965. The number of aryl methyl sites for hydroxylation is 1. The van der Waals surface area contributed by atoms with Gasteiger partial charge < -0.3 is 14.6 Å². The fourth-order valence-corrected chi connectivity index (χ4v) is 3.52. The second kappa shape index (κ2) is 6.71. The van der Waals surface area contributed by atoms with E-state index < -0.39 is 10.0 Å². The molecule has 1 aliphatic heterocycles. The Balaban J connectivity index is 2.07. The van der Waals surface area contributed by atoms with Crippen LogP contribution in [0.25, 0.3) is 0 Å². The molecular weight excluding hydrogens is 278 g/mol. The molecule has 7 heteroatoms. The molecule has 2 rings (SSSR count). The monoisotopic (exact) mass is 301 g/mol. The lowest BCUT2D eigenvalue weighted by atomic mass is 10.2. The van der Waals surface area contributed by atoms with Crippen molar-refractivity contribution in [2.45, 2.75) is 43.9 Å². The number of nitrogens with zero attached hydrogens (tertiary/aromatic N) is 1. The van der Waals surface area contributed by atoms with Crippen molar-refractivity contribution in [1.82, 2.24) is 14.6 Å². The van der Waals surface area contributed by atoms with Crippen molar-refractivity contribution in [1.29, 1.82) is 0 Å². The maximum atomic E-state index is 12.3. The molecule has 1 aromatic rings. The molecule has 1 atom stereocenters. The van der Waals surface area contributed by atoms with Gasteiger partial charge in [-0.3, -0.25) is 0 Å². The van der Waals surface area contributed by atoms with E-state index in [4.69, 9.17) is 4.74 Å². The van der Waals surface area contributed by atoms with Crippen LogP contribution in [0.15, 0.2) is 17.2 Å². The summed E-state index contributed by atoms with van der Waals surface area (Å²) < 4.78 is 34.6. The SMILES string of the molecule is CCn1cc(S(=O)(=O)NCC2CCCO2)cc1CNC. The normalized spacial score (nSPS) is 19.6. The summed E-state index contributed by atoms with van der Waals surface area (Å²) in [6.45, 7) is 4.47. The zero-order chi connectivity index (χ0) is 14.6. The van der Waals surface area contributed by atoms with Gasteiger partial charge in [-0.25, -0.2) is 13.1 Å². The van der Waals surface area contributed by atoms with Crippen LogP contribution in [-0.2, 0) is 27.8 Å². The maximum absolute atomic E-state index is 12.3. The molecule has 1 saturated heterocycles. The van der Waals surface area contributed by atoms with Gasteiger partial charge in [0.15, 0.2) is 0 Å². The first kappa shape index (κ1) is 15.5. The van der Waals surface area contributed by atoms with Crippen LogP contribution in [0.1, 0.15) is 25.5 Å². The number of nitrogens with one attached hydrogen (secondary N) is 2. The van der Waals surface area contributed by atoms with Gasteiger partial charge in [-0.2, -0.15) is 0 Å². The Kier molecular flexibility index (Phi) is 5.20. The lowest BCUT2D eigenvalue weighted by Crippen LogP contribution is -2.31. The van der Waals surface area contributed by atoms with E-state index in [1.165, 1.54) is 0 Å². The molecule has 0 radical (unpaired) electrons. The first-order chi connectivity index (χ1) is 9.56. The van der Waals surface area contributed by atoms with Crippen molar-refractivity contribution in [2.24, 2.45) is 0 Å². The molecule has 0 aliphatic carbocycles. The molecule has 1 aromatic heterocycles. The third-order valence-electron chi connectivity index (χ3n) is 3.49. The Morgan fingerprint density at radius 2 is 2.30 bits per heavy atom. The average molecular weight is 301 g/mol. The van der Waals surface area contributed by atoms with Gasteiger partial charge in [-0.05, 0) is 32.9 Å². The Morgan fingerprint density at radius 3 is 2.90 bits per heavy atom. The fraction of sp³-hybridized carbons (Fsp3) is 0.692. The van der Waals surface area contributed by atoms with Crippen LogP contribution in [0.4, 0.5) is 0 Å². The minimum Gasteiger partial charge on any atom is -0.377 e. The molecular formula is C13H23N3O3S. The summed E-state index contributed by atoms with van der Waals surface area (Å²) in [4.78, 5) is 0.322. The maximum Gasteiger partial charge on any atom is 0.242 e. The van der Waals surface area contributed by atoms with E-state index in [1.54, 1.807) is 12.3 Å². The molecule has 114 valence electrons. The van der Waals surface area contributed by atoms with Gasteiger partial charge in [0, 0.05) is 38.1 Å². The summed E-state index contributed by atoms with van der Waals surface area (Å²) >= 11 is 0. The molecule has 0 amide bonds. The first-order valence-corrected chi connectivity index (χ1v) is 8.50. The Hall–Kier alpha value is -0.890. The van der Waals surface area contributed by atoms with Gasteiger partial charge in [0.1, 0.15) is 0 Å². The van der Waals surface area contributed by atoms with Gasteiger partial charge in [0.05, 0.1) is 11.0 Å². The topological polar surface area (TPSA) is 72.4 Å². The summed E-state index contributed by atoms with van der Waals surface area (Å²) in [6, 6.07) is 1.72. The number of hydrogen-bond donors (Lipinski definition) is 2. The van der Waals surface area contributed by atoms with Crippen LogP contribution < -0.4 is 10.0 Å². The van der Waals surface area contributed by atoms with Crippen molar-refractivity contribution in [3.63, 3.8) is 0 Å². The molecule has 0 bridgehead atoms. The van der Waals surface area contributed by atoms with Crippen LogP contribution in [0.2, 0.25) is 0 Å². The summed E-state index contributed by atoms with van der Waals surface area (Å²) in [7, 11) is -1.61. The molecule has 20 heavy (non-hydrogen) atoms. The van der Waals surface area contributed by atoms with Crippen molar-refractivity contribution >= 4 is 10.0 Å². The second-order valence-electron chi connectivity index (χ2n) is 4.97. The molecule has 1 unspecified atom stereocenters. The van der Waals surface area contributed by atoms with E-state index in [9.17, 15) is 8.42 Å². The summed E-state index contributed by atoms with van der Waals surface area (Å²) in [6.07, 6.45) is 3.62. The fourth-order valence-electron chi connectivity index (χ4n) is 2.39. The first-order valence-electron chi connectivity index (χ1n) is 7.01. The van der Waals surface area contributed by atoms with Crippen molar-refractivity contribution in [3.05, 3.63) is 18.0 Å². The summed E-state index contributed by atoms with van der Waals surface area (Å²) in [5, 5.41) is 3.04. The molecule has 0 aromatic carbocycles. The number of ether oxygens (including phenoxy) is 1. The Labute approximate surface area is 120 Å². The minimum atomic E-state index is -3.46. The largest absolute Gasteiger partial charge is 0.377 e. The quantitative estimate of drug-likeness (QED) is 0.777. The summed E-state index contributed by atoms with van der Waals surface area (Å²) in [5.74, 6) is 0. The van der Waals surface area contributed by atoms with Crippen molar-refractivity contribution < 1.29 is 13.2 Å². The van der Waals surface area contributed by atoms with Crippen molar-refractivity contribution in [2.75, 3.05) is 20.2 Å². The van der Waals surface area contributed by atoms with Gasteiger partial charge in [-0.15, -0.1) is 0 Å². The van der Waals surface area contributed by atoms with Gasteiger partial charge in [0.25, 0.3) is 0 Å². The molecule has 0 spiro atoms. The van der Waals surface area contributed by atoms with Crippen LogP contribution >= 0.6 is 0 Å². The van der Waals surface area contributed by atoms with E-state index in [0.29, 0.717) is 18.0 Å². The van der Waals surface area contributed by atoms with Crippen LogP contribution in [-0.4, -0.2) is 39.3 Å². The predicted molar refractivity (Wildman–Crippen MR) is 77.0 cm³/mol. The molecule has 1 aliphatic rings. The zero-order valence-electron chi connectivity index (χ0n) is 12.1. The highest BCUT2D eigenvalue weighted by atomic mass is 32.2. The lowest BCUT2D eigenvalue weighted by molar-refractivity contribution is 0.114. The highest BCUT2D eigenvalue weighted by Crippen LogP contribution is 2.16. The number of rotatable bonds is 7. The van der Waals surface area contributed by atoms with Crippen LogP contribution in [0, 0.1) is 0 Å². The second-order valence-corrected chi connectivity index (χ2v) is 6.74. The predicted octanol–water partition coefficient (Wildman–Crippen LogP) is 0.685. The van der Waals surface area contributed by atoms with E-state index in [-0.39, 0.29) is 6.10 Å². The molecule has 0 saturated carbocycles. The number of sulfonamides is 1. The van der Waals surface area contributed by atoms with Gasteiger partial charge in [0.2, 0.25) is 10.0 Å². The Morgan fingerprint density at radius 1 is 1.50 bits per heavy atom. The van der Waals surface area contributed by atoms with Gasteiger partial charge in [-0.1, -0.05) is 0 Å². The highest BCUT2D eigenvalue weighted by molar-refractivity contribution is 7.89. The van der Waals surface area contributed by atoms with E-state index in [0.717, 1.165) is 31.7 Å². The van der Waals surface area contributed by atoms with Crippen LogP contribution in [0.5, 0.6) is 0 Å². The average Bonchev–Trinajstić information content (AvgIpc) is 3.06. The van der Waals surface area contributed by atoms with Crippen molar-refractivity contribution in [3.8, 4) is 0 Å². The molecule has 2 heterocycles. The van der Waals surface area contributed by atoms with Gasteiger partial charge >= 0.3 is 0 Å². The Bertz CT molecular complexity index is 533. The molecule has 2 N–H and O–H groups in total. The van der Waals surface area contributed by atoms with E-state index in [2.05, 4.69) is 10.0 Å². The molecule has 1 fully saturated rings. The minimum absolute atomic E-state index is 0.00909.